The highest BCUT2D eigenvalue weighted by molar-refractivity contribution is 7.89. The van der Waals surface area contributed by atoms with E-state index < -0.39 is 10.0 Å². The van der Waals surface area contributed by atoms with Gasteiger partial charge in [-0.1, -0.05) is 25.3 Å². The van der Waals surface area contributed by atoms with Gasteiger partial charge in [-0.25, -0.2) is 13.1 Å². The average molecular weight is 474 g/mol. The van der Waals surface area contributed by atoms with Gasteiger partial charge in [0, 0.05) is 36.0 Å². The summed E-state index contributed by atoms with van der Waals surface area (Å²) in [6.07, 6.45) is 5.12. The predicted molar refractivity (Wildman–Crippen MR) is 128 cm³/mol. The van der Waals surface area contributed by atoms with E-state index in [1.54, 1.807) is 31.2 Å². The van der Waals surface area contributed by atoms with Crippen molar-refractivity contribution in [3.05, 3.63) is 54.1 Å². The van der Waals surface area contributed by atoms with Gasteiger partial charge in [-0.15, -0.1) is 0 Å². The van der Waals surface area contributed by atoms with E-state index >= 15 is 0 Å². The van der Waals surface area contributed by atoms with Gasteiger partial charge in [0.2, 0.25) is 15.9 Å². The van der Waals surface area contributed by atoms with E-state index in [4.69, 9.17) is 4.74 Å². The minimum Gasteiger partial charge on any atom is -0.383 e. The van der Waals surface area contributed by atoms with E-state index in [0.29, 0.717) is 16.9 Å². The van der Waals surface area contributed by atoms with Gasteiger partial charge in [0.1, 0.15) is 0 Å². The SMILES string of the molecule is COCC(C)NS(=O)(=O)c1ccc(NC(=O)c2cccc(NC(=O)C3CCCCC3)c2)cc1. The molecule has 8 nitrogen and oxygen atoms in total. The lowest BCUT2D eigenvalue weighted by Crippen LogP contribution is -2.35. The molecule has 9 heteroatoms. The van der Waals surface area contributed by atoms with Crippen molar-refractivity contribution in [2.45, 2.75) is 50.0 Å². The molecule has 2 aromatic rings. The molecular weight excluding hydrogens is 442 g/mol. The first-order valence-electron chi connectivity index (χ1n) is 11.1. The molecule has 0 radical (unpaired) electrons. The van der Waals surface area contributed by atoms with E-state index in [1.165, 1.54) is 37.8 Å². The van der Waals surface area contributed by atoms with Gasteiger partial charge in [-0.05, 0) is 62.2 Å². The second-order valence-electron chi connectivity index (χ2n) is 8.36. The summed E-state index contributed by atoms with van der Waals surface area (Å²) >= 11 is 0. The second kappa shape index (κ2) is 11.4. The van der Waals surface area contributed by atoms with Crippen LogP contribution in [0.2, 0.25) is 0 Å². The van der Waals surface area contributed by atoms with Gasteiger partial charge in [0.05, 0.1) is 11.5 Å². The van der Waals surface area contributed by atoms with Crippen molar-refractivity contribution >= 4 is 33.2 Å². The molecule has 1 unspecified atom stereocenters. The van der Waals surface area contributed by atoms with Crippen LogP contribution in [0.5, 0.6) is 0 Å². The largest absolute Gasteiger partial charge is 0.383 e. The highest BCUT2D eigenvalue weighted by Crippen LogP contribution is 2.25. The molecule has 0 aromatic heterocycles. The number of hydrogen-bond donors (Lipinski definition) is 3. The van der Waals surface area contributed by atoms with Crippen molar-refractivity contribution in [2.75, 3.05) is 24.4 Å². The molecular formula is C24H31N3O5S. The normalized spacial score (nSPS) is 15.6. The summed E-state index contributed by atoms with van der Waals surface area (Å²) in [5.41, 5.74) is 1.43. The number of anilines is 2. The maximum absolute atomic E-state index is 12.7. The summed E-state index contributed by atoms with van der Waals surface area (Å²) in [6, 6.07) is 12.3. The standard InChI is InChI=1S/C24H31N3O5S/c1-17(16-32-2)27-33(30,31)22-13-11-20(12-14-22)25-24(29)19-9-6-10-21(15-19)26-23(28)18-7-4-3-5-8-18/h6,9-15,17-18,27H,3-5,7-8,16H2,1-2H3,(H,25,29)(H,26,28). The lowest BCUT2D eigenvalue weighted by Gasteiger charge is -2.20. The highest BCUT2D eigenvalue weighted by Gasteiger charge is 2.21. The van der Waals surface area contributed by atoms with Crippen molar-refractivity contribution < 1.29 is 22.7 Å². The number of methoxy groups -OCH3 is 1. The van der Waals surface area contributed by atoms with Crippen LogP contribution in [0.3, 0.4) is 0 Å². The minimum absolute atomic E-state index is 0.00233. The third-order valence-electron chi connectivity index (χ3n) is 5.56. The van der Waals surface area contributed by atoms with Gasteiger partial charge in [0.25, 0.3) is 5.91 Å². The molecule has 1 aliphatic carbocycles. The molecule has 0 bridgehead atoms. The number of benzene rings is 2. The van der Waals surface area contributed by atoms with Crippen molar-refractivity contribution in [1.29, 1.82) is 0 Å². The molecule has 1 fully saturated rings. The van der Waals surface area contributed by atoms with Crippen LogP contribution in [-0.4, -0.2) is 40.0 Å². The first-order valence-corrected chi connectivity index (χ1v) is 12.6. The fourth-order valence-corrected chi connectivity index (χ4v) is 5.11. The van der Waals surface area contributed by atoms with E-state index in [9.17, 15) is 18.0 Å². The Labute approximate surface area is 195 Å². The number of carbonyl (C=O) groups excluding carboxylic acids is 2. The van der Waals surface area contributed by atoms with E-state index in [0.717, 1.165) is 25.7 Å². The van der Waals surface area contributed by atoms with E-state index in [-0.39, 0.29) is 35.3 Å². The summed E-state index contributed by atoms with van der Waals surface area (Å²) in [7, 11) is -2.19. The van der Waals surface area contributed by atoms with Crippen molar-refractivity contribution in [2.24, 2.45) is 5.92 Å². The van der Waals surface area contributed by atoms with E-state index in [2.05, 4.69) is 15.4 Å². The maximum Gasteiger partial charge on any atom is 0.255 e. The molecule has 0 heterocycles. The number of hydrogen-bond acceptors (Lipinski definition) is 5. The molecule has 1 saturated carbocycles. The lowest BCUT2D eigenvalue weighted by molar-refractivity contribution is -0.120. The Morgan fingerprint density at radius 1 is 1.00 bits per heavy atom. The summed E-state index contributed by atoms with van der Waals surface area (Å²) in [5.74, 6) is -0.332. The minimum atomic E-state index is -3.69. The third kappa shape index (κ3) is 7.12. The van der Waals surface area contributed by atoms with Crippen LogP contribution in [0.15, 0.2) is 53.4 Å². The Balaban J connectivity index is 1.62. The van der Waals surface area contributed by atoms with Crippen LogP contribution in [-0.2, 0) is 19.6 Å². The van der Waals surface area contributed by atoms with Crippen molar-refractivity contribution in [3.8, 4) is 0 Å². The van der Waals surface area contributed by atoms with Crippen LogP contribution in [0, 0.1) is 5.92 Å². The van der Waals surface area contributed by atoms with Gasteiger partial charge in [0.15, 0.2) is 0 Å². The average Bonchev–Trinajstić information content (AvgIpc) is 2.80. The second-order valence-corrected chi connectivity index (χ2v) is 10.1. The Hall–Kier alpha value is -2.75. The molecule has 178 valence electrons. The molecule has 3 rings (SSSR count). The number of ether oxygens (including phenoxy) is 1. The Morgan fingerprint density at radius 3 is 2.36 bits per heavy atom. The first kappa shape index (κ1) is 24.9. The first-order chi connectivity index (χ1) is 15.8. The Bertz CT molecular complexity index is 1060. The predicted octanol–water partition coefficient (Wildman–Crippen LogP) is 3.77. The molecule has 0 saturated heterocycles. The third-order valence-corrected chi connectivity index (χ3v) is 7.17. The monoisotopic (exact) mass is 473 g/mol. The van der Waals surface area contributed by atoms with Crippen molar-refractivity contribution in [1.82, 2.24) is 4.72 Å². The van der Waals surface area contributed by atoms with Crippen LogP contribution in [0.25, 0.3) is 0 Å². The summed E-state index contributed by atoms with van der Waals surface area (Å²) < 4.78 is 32.3. The zero-order valence-corrected chi connectivity index (χ0v) is 19.8. The molecule has 1 aliphatic rings. The maximum atomic E-state index is 12.7. The van der Waals surface area contributed by atoms with Crippen LogP contribution in [0.4, 0.5) is 11.4 Å². The van der Waals surface area contributed by atoms with Crippen molar-refractivity contribution in [3.63, 3.8) is 0 Å². The summed E-state index contributed by atoms with van der Waals surface area (Å²) in [5, 5.41) is 5.67. The topological polar surface area (TPSA) is 114 Å². The zero-order valence-electron chi connectivity index (χ0n) is 19.0. The summed E-state index contributed by atoms with van der Waals surface area (Å²) in [4.78, 5) is 25.3. The number of amides is 2. The molecule has 1 atom stereocenters. The summed E-state index contributed by atoms with van der Waals surface area (Å²) in [6.45, 7) is 1.97. The molecule has 2 amide bonds. The van der Waals surface area contributed by atoms with Gasteiger partial charge in [-0.2, -0.15) is 0 Å². The van der Waals surface area contributed by atoms with Crippen LogP contribution >= 0.6 is 0 Å². The quantitative estimate of drug-likeness (QED) is 0.513. The number of carbonyl (C=O) groups is 2. The fourth-order valence-electron chi connectivity index (χ4n) is 3.88. The van der Waals surface area contributed by atoms with E-state index in [1.807, 2.05) is 0 Å². The molecule has 2 aromatic carbocycles. The Kier molecular flexibility index (Phi) is 8.60. The lowest BCUT2D eigenvalue weighted by atomic mass is 9.88. The number of rotatable bonds is 9. The van der Waals surface area contributed by atoms with Gasteiger partial charge in [-0.3, -0.25) is 9.59 Å². The Morgan fingerprint density at radius 2 is 1.70 bits per heavy atom. The zero-order chi connectivity index (χ0) is 23.8. The molecule has 33 heavy (non-hydrogen) atoms. The fraction of sp³-hybridized carbons (Fsp3) is 0.417. The molecule has 0 spiro atoms. The van der Waals surface area contributed by atoms with Crippen LogP contribution in [0.1, 0.15) is 49.4 Å². The van der Waals surface area contributed by atoms with Crippen LogP contribution < -0.4 is 15.4 Å². The number of nitrogens with one attached hydrogen (secondary N) is 3. The number of sulfonamides is 1. The molecule has 0 aliphatic heterocycles. The molecule has 3 N–H and O–H groups in total. The van der Waals surface area contributed by atoms with Gasteiger partial charge < -0.3 is 15.4 Å². The highest BCUT2D eigenvalue weighted by atomic mass is 32.2. The smallest absolute Gasteiger partial charge is 0.255 e. The van der Waals surface area contributed by atoms with Gasteiger partial charge >= 0.3 is 0 Å².